The van der Waals surface area contributed by atoms with Gasteiger partial charge in [-0.25, -0.2) is 9.18 Å². The molecule has 2 unspecified atom stereocenters. The minimum Gasteiger partial charge on any atom is -0.387 e. The standard InChI is InChI=1S/C17H18ClFN2O2/c1-11(13-3-2-4-14(18)9-13)21-17(23)20-10-16(22)12-5-7-15(19)8-6-12/h2-9,11,16,22H,10H2,1H3,(H2,20,21,23). The average Bonchev–Trinajstić information content (AvgIpc) is 2.53. The smallest absolute Gasteiger partial charge is 0.315 e. The molecule has 2 amide bonds. The number of urea groups is 1. The molecular formula is C17H18ClFN2O2. The molecule has 0 aromatic heterocycles. The predicted octanol–water partition coefficient (Wildman–Crippen LogP) is 3.57. The molecule has 0 aliphatic heterocycles. The largest absolute Gasteiger partial charge is 0.387 e. The summed E-state index contributed by atoms with van der Waals surface area (Å²) < 4.78 is 12.8. The monoisotopic (exact) mass is 336 g/mol. The van der Waals surface area contributed by atoms with Crippen LogP contribution in [0.4, 0.5) is 9.18 Å². The summed E-state index contributed by atoms with van der Waals surface area (Å²) in [5.74, 6) is -0.373. The Morgan fingerprint density at radius 1 is 1.22 bits per heavy atom. The summed E-state index contributed by atoms with van der Waals surface area (Å²) in [6.45, 7) is 1.86. The molecule has 0 aliphatic rings. The maximum Gasteiger partial charge on any atom is 0.315 e. The molecule has 0 aliphatic carbocycles. The average molecular weight is 337 g/mol. The first kappa shape index (κ1) is 17.2. The zero-order chi connectivity index (χ0) is 16.8. The van der Waals surface area contributed by atoms with Gasteiger partial charge in [-0.2, -0.15) is 0 Å². The van der Waals surface area contributed by atoms with Crippen molar-refractivity contribution in [2.45, 2.75) is 19.1 Å². The summed E-state index contributed by atoms with van der Waals surface area (Å²) in [7, 11) is 0. The molecule has 2 rings (SSSR count). The van der Waals surface area contributed by atoms with Crippen LogP contribution in [0.25, 0.3) is 0 Å². The van der Waals surface area contributed by atoms with E-state index in [0.29, 0.717) is 10.6 Å². The van der Waals surface area contributed by atoms with Crippen molar-refractivity contribution >= 4 is 17.6 Å². The van der Waals surface area contributed by atoms with Gasteiger partial charge in [-0.3, -0.25) is 0 Å². The first-order chi connectivity index (χ1) is 11.0. The Morgan fingerprint density at radius 2 is 1.91 bits per heavy atom. The third-order valence-electron chi connectivity index (χ3n) is 3.41. The van der Waals surface area contributed by atoms with Crippen molar-refractivity contribution < 1.29 is 14.3 Å². The number of carbonyl (C=O) groups is 1. The van der Waals surface area contributed by atoms with E-state index in [-0.39, 0.29) is 18.4 Å². The van der Waals surface area contributed by atoms with E-state index in [9.17, 15) is 14.3 Å². The maximum atomic E-state index is 12.8. The van der Waals surface area contributed by atoms with Crippen molar-refractivity contribution in [2.75, 3.05) is 6.54 Å². The van der Waals surface area contributed by atoms with Crippen molar-refractivity contribution in [3.05, 3.63) is 70.5 Å². The first-order valence-electron chi connectivity index (χ1n) is 7.19. The summed E-state index contributed by atoms with van der Waals surface area (Å²) in [6, 6.07) is 12.1. The third kappa shape index (κ3) is 5.23. The molecule has 122 valence electrons. The number of aliphatic hydroxyl groups is 1. The SMILES string of the molecule is CC(NC(=O)NCC(O)c1ccc(F)cc1)c1cccc(Cl)c1. The molecule has 0 saturated heterocycles. The van der Waals surface area contributed by atoms with Crippen LogP contribution in [0.2, 0.25) is 5.02 Å². The minimum absolute atomic E-state index is 0.0275. The number of halogens is 2. The number of nitrogens with one attached hydrogen (secondary N) is 2. The molecule has 2 atom stereocenters. The Hall–Kier alpha value is -2.11. The fourth-order valence-electron chi connectivity index (χ4n) is 2.10. The van der Waals surface area contributed by atoms with Gasteiger partial charge in [-0.05, 0) is 42.3 Å². The third-order valence-corrected chi connectivity index (χ3v) is 3.64. The van der Waals surface area contributed by atoms with Gasteiger partial charge in [-0.15, -0.1) is 0 Å². The van der Waals surface area contributed by atoms with Crippen molar-refractivity contribution in [3.8, 4) is 0 Å². The lowest BCUT2D eigenvalue weighted by Gasteiger charge is -2.17. The molecule has 0 bridgehead atoms. The number of hydrogen-bond donors (Lipinski definition) is 3. The van der Waals surface area contributed by atoms with Crippen LogP contribution in [0.5, 0.6) is 0 Å². The quantitative estimate of drug-likeness (QED) is 0.781. The molecule has 23 heavy (non-hydrogen) atoms. The van der Waals surface area contributed by atoms with Gasteiger partial charge in [0.15, 0.2) is 0 Å². The van der Waals surface area contributed by atoms with Crippen molar-refractivity contribution in [3.63, 3.8) is 0 Å². The number of aliphatic hydroxyl groups excluding tert-OH is 1. The topological polar surface area (TPSA) is 61.4 Å². The highest BCUT2D eigenvalue weighted by Gasteiger charge is 2.12. The van der Waals surface area contributed by atoms with Gasteiger partial charge in [-0.1, -0.05) is 35.9 Å². The van der Waals surface area contributed by atoms with E-state index >= 15 is 0 Å². The second-order valence-corrected chi connectivity index (χ2v) is 5.63. The molecule has 2 aromatic rings. The van der Waals surface area contributed by atoms with Crippen LogP contribution in [0, 0.1) is 5.82 Å². The number of carbonyl (C=O) groups excluding carboxylic acids is 1. The van der Waals surface area contributed by atoms with E-state index in [1.54, 1.807) is 12.1 Å². The summed E-state index contributed by atoms with van der Waals surface area (Å²) in [5, 5.41) is 15.9. The highest BCUT2D eigenvalue weighted by Crippen LogP contribution is 2.17. The molecule has 0 spiro atoms. The van der Waals surface area contributed by atoms with Gasteiger partial charge in [0.2, 0.25) is 0 Å². The Kier molecular flexibility index (Phi) is 5.96. The molecule has 3 N–H and O–H groups in total. The van der Waals surface area contributed by atoms with E-state index in [1.807, 2.05) is 19.1 Å². The Bertz CT molecular complexity index is 664. The fraction of sp³-hybridized carbons (Fsp3) is 0.235. The van der Waals surface area contributed by atoms with E-state index < -0.39 is 12.1 Å². The van der Waals surface area contributed by atoms with Crippen LogP contribution in [0.15, 0.2) is 48.5 Å². The number of amides is 2. The minimum atomic E-state index is -0.900. The number of benzene rings is 2. The van der Waals surface area contributed by atoms with Crippen molar-refractivity contribution in [1.29, 1.82) is 0 Å². The van der Waals surface area contributed by atoms with E-state index in [4.69, 9.17) is 11.6 Å². The summed E-state index contributed by atoms with van der Waals surface area (Å²) in [4.78, 5) is 11.9. The summed E-state index contributed by atoms with van der Waals surface area (Å²) in [6.07, 6.45) is -0.900. The highest BCUT2D eigenvalue weighted by atomic mass is 35.5. The molecule has 0 radical (unpaired) electrons. The molecular weight excluding hydrogens is 319 g/mol. The molecule has 6 heteroatoms. The van der Waals surface area contributed by atoms with Gasteiger partial charge in [0, 0.05) is 11.6 Å². The molecule has 0 heterocycles. The first-order valence-corrected chi connectivity index (χ1v) is 7.57. The van der Waals surface area contributed by atoms with Crippen LogP contribution < -0.4 is 10.6 Å². The van der Waals surface area contributed by atoms with E-state index in [0.717, 1.165) is 5.56 Å². The highest BCUT2D eigenvalue weighted by molar-refractivity contribution is 6.30. The molecule has 4 nitrogen and oxygen atoms in total. The second-order valence-electron chi connectivity index (χ2n) is 5.20. The zero-order valence-corrected chi connectivity index (χ0v) is 13.3. The Labute approximate surface area is 139 Å². The molecule has 0 saturated carbocycles. The zero-order valence-electron chi connectivity index (χ0n) is 12.6. The number of hydrogen-bond acceptors (Lipinski definition) is 2. The van der Waals surface area contributed by atoms with Crippen LogP contribution >= 0.6 is 11.6 Å². The van der Waals surface area contributed by atoms with Crippen LogP contribution in [0.1, 0.15) is 30.2 Å². The van der Waals surface area contributed by atoms with Crippen LogP contribution in [0.3, 0.4) is 0 Å². The molecule has 2 aromatic carbocycles. The lowest BCUT2D eigenvalue weighted by Crippen LogP contribution is -2.39. The second kappa shape index (κ2) is 7.94. The normalized spacial score (nSPS) is 13.2. The fourth-order valence-corrected chi connectivity index (χ4v) is 2.30. The summed E-state index contributed by atoms with van der Waals surface area (Å²) in [5.41, 5.74) is 1.42. The number of rotatable bonds is 5. The lowest BCUT2D eigenvalue weighted by atomic mass is 10.1. The van der Waals surface area contributed by atoms with Crippen molar-refractivity contribution in [2.24, 2.45) is 0 Å². The van der Waals surface area contributed by atoms with Gasteiger partial charge >= 0.3 is 6.03 Å². The van der Waals surface area contributed by atoms with Gasteiger partial charge in [0.25, 0.3) is 0 Å². The van der Waals surface area contributed by atoms with Gasteiger partial charge in [0.1, 0.15) is 5.82 Å². The predicted molar refractivity (Wildman–Crippen MR) is 87.8 cm³/mol. The Morgan fingerprint density at radius 3 is 2.57 bits per heavy atom. The Balaban J connectivity index is 1.83. The summed E-state index contributed by atoms with van der Waals surface area (Å²) >= 11 is 5.92. The maximum absolute atomic E-state index is 12.8. The lowest BCUT2D eigenvalue weighted by molar-refractivity contribution is 0.172. The van der Waals surface area contributed by atoms with Gasteiger partial charge in [0.05, 0.1) is 12.1 Å². The van der Waals surface area contributed by atoms with Gasteiger partial charge < -0.3 is 15.7 Å². The molecule has 0 fully saturated rings. The van der Waals surface area contributed by atoms with Crippen molar-refractivity contribution in [1.82, 2.24) is 10.6 Å². The van der Waals surface area contributed by atoms with Crippen LogP contribution in [-0.2, 0) is 0 Å². The van der Waals surface area contributed by atoms with E-state index in [1.165, 1.54) is 24.3 Å². The van der Waals surface area contributed by atoms with Crippen LogP contribution in [-0.4, -0.2) is 17.7 Å². The van der Waals surface area contributed by atoms with E-state index in [2.05, 4.69) is 10.6 Å².